The quantitative estimate of drug-likeness (QED) is 0.462. The molecule has 8 heteroatoms. The van der Waals surface area contributed by atoms with Gasteiger partial charge in [-0.1, -0.05) is 36.0 Å². The second-order valence-electron chi connectivity index (χ2n) is 8.19. The summed E-state index contributed by atoms with van der Waals surface area (Å²) in [6.45, 7) is 1.52. The summed E-state index contributed by atoms with van der Waals surface area (Å²) < 4.78 is 0. The molecule has 4 rings (SSSR count). The number of ketones is 1. The summed E-state index contributed by atoms with van der Waals surface area (Å²) in [6.07, 6.45) is 2.93. The standard InChI is InChI=1S/C24H22Cl2N2O4/c1-14(21(29)15-6-10-17(25)11-7-15)27(22(30)16-8-12-18(26)13-9-16)28-23(31)19-4-2-3-5-20(19)24(28)32/h6-14,19-20H,2-5H2,1H3/t14-,19+,20+/m1/s1. The molecule has 2 aromatic carbocycles. The largest absolute Gasteiger partial charge is 0.292 e. The van der Waals surface area contributed by atoms with Gasteiger partial charge in [0.15, 0.2) is 5.78 Å². The molecule has 0 aromatic heterocycles. The molecular formula is C24H22Cl2N2O4. The number of hydrogen-bond donors (Lipinski definition) is 0. The van der Waals surface area contributed by atoms with Gasteiger partial charge in [0.2, 0.25) is 0 Å². The zero-order valence-electron chi connectivity index (χ0n) is 17.5. The molecule has 32 heavy (non-hydrogen) atoms. The van der Waals surface area contributed by atoms with Crippen LogP contribution in [0.1, 0.15) is 53.3 Å². The van der Waals surface area contributed by atoms with E-state index in [2.05, 4.69) is 0 Å². The van der Waals surface area contributed by atoms with Gasteiger partial charge in [0.25, 0.3) is 17.7 Å². The van der Waals surface area contributed by atoms with Crippen LogP contribution in [0.4, 0.5) is 0 Å². The third-order valence-corrected chi connectivity index (χ3v) is 6.71. The molecule has 1 aliphatic carbocycles. The van der Waals surface area contributed by atoms with Crippen LogP contribution in [0.3, 0.4) is 0 Å². The number of Topliss-reactive ketones (excluding diaryl/α,β-unsaturated/α-hetero) is 1. The normalized spacial score (nSPS) is 21.3. The molecule has 0 spiro atoms. The molecule has 0 unspecified atom stereocenters. The van der Waals surface area contributed by atoms with Crippen LogP contribution >= 0.6 is 23.2 Å². The highest BCUT2D eigenvalue weighted by Gasteiger charge is 2.53. The van der Waals surface area contributed by atoms with Crippen LogP contribution in [0.25, 0.3) is 0 Å². The summed E-state index contributed by atoms with van der Waals surface area (Å²) in [7, 11) is 0. The Balaban J connectivity index is 1.74. The van der Waals surface area contributed by atoms with Crippen molar-refractivity contribution in [3.63, 3.8) is 0 Å². The molecule has 3 amide bonds. The number of hydrogen-bond acceptors (Lipinski definition) is 4. The van der Waals surface area contributed by atoms with Crippen LogP contribution in [0.2, 0.25) is 10.0 Å². The van der Waals surface area contributed by atoms with E-state index in [-0.39, 0.29) is 5.56 Å². The van der Waals surface area contributed by atoms with Gasteiger partial charge in [-0.05, 0) is 68.3 Å². The van der Waals surface area contributed by atoms with Crippen molar-refractivity contribution in [2.45, 2.75) is 38.6 Å². The molecule has 2 fully saturated rings. The first-order valence-corrected chi connectivity index (χ1v) is 11.3. The Kier molecular flexibility index (Phi) is 6.35. The van der Waals surface area contributed by atoms with E-state index in [1.807, 2.05) is 0 Å². The predicted octanol–water partition coefficient (Wildman–Crippen LogP) is 4.80. The highest BCUT2D eigenvalue weighted by molar-refractivity contribution is 6.31. The Labute approximate surface area is 196 Å². The minimum atomic E-state index is -1.09. The van der Waals surface area contributed by atoms with E-state index in [9.17, 15) is 19.2 Å². The molecule has 1 heterocycles. The maximum atomic E-state index is 13.5. The summed E-state index contributed by atoms with van der Waals surface area (Å²) in [5.41, 5.74) is 0.549. The number of carbonyl (C=O) groups excluding carboxylic acids is 4. The van der Waals surface area contributed by atoms with Crippen molar-refractivity contribution in [1.82, 2.24) is 10.0 Å². The first-order valence-electron chi connectivity index (χ1n) is 10.6. The molecule has 3 atom stereocenters. The zero-order chi connectivity index (χ0) is 23.0. The first kappa shape index (κ1) is 22.5. The molecule has 2 aliphatic rings. The Morgan fingerprint density at radius 2 is 1.28 bits per heavy atom. The molecule has 166 valence electrons. The fraction of sp³-hybridized carbons (Fsp3) is 0.333. The van der Waals surface area contributed by atoms with Crippen LogP contribution < -0.4 is 0 Å². The van der Waals surface area contributed by atoms with Gasteiger partial charge in [-0.25, -0.2) is 5.01 Å². The van der Waals surface area contributed by atoms with Crippen molar-refractivity contribution in [2.75, 3.05) is 0 Å². The van der Waals surface area contributed by atoms with E-state index in [0.29, 0.717) is 28.5 Å². The average Bonchev–Trinajstić information content (AvgIpc) is 3.05. The van der Waals surface area contributed by atoms with Crippen LogP contribution in [0, 0.1) is 11.8 Å². The average molecular weight is 473 g/mol. The Morgan fingerprint density at radius 3 is 1.75 bits per heavy atom. The maximum Gasteiger partial charge on any atom is 0.273 e. The summed E-state index contributed by atoms with van der Waals surface area (Å²) in [5, 5.41) is 2.84. The lowest BCUT2D eigenvalue weighted by molar-refractivity contribution is -0.156. The summed E-state index contributed by atoms with van der Waals surface area (Å²) >= 11 is 11.9. The maximum absolute atomic E-state index is 13.5. The van der Waals surface area contributed by atoms with Crippen molar-refractivity contribution in [3.8, 4) is 0 Å². The van der Waals surface area contributed by atoms with E-state index in [0.717, 1.165) is 22.9 Å². The lowest BCUT2D eigenvalue weighted by Crippen LogP contribution is -2.56. The van der Waals surface area contributed by atoms with Gasteiger partial charge in [-0.2, -0.15) is 5.01 Å². The first-order chi connectivity index (χ1) is 15.3. The lowest BCUT2D eigenvalue weighted by Gasteiger charge is -2.34. The number of halogens is 2. The van der Waals surface area contributed by atoms with Crippen LogP contribution in [-0.2, 0) is 9.59 Å². The van der Waals surface area contributed by atoms with Gasteiger partial charge in [0.05, 0.1) is 11.8 Å². The number of nitrogens with zero attached hydrogens (tertiary/aromatic N) is 2. The third kappa shape index (κ3) is 4.05. The number of benzene rings is 2. The van der Waals surface area contributed by atoms with Crippen molar-refractivity contribution >= 4 is 46.7 Å². The van der Waals surface area contributed by atoms with Crippen LogP contribution in [0.15, 0.2) is 48.5 Å². The topological polar surface area (TPSA) is 74.8 Å². The number of imide groups is 1. The van der Waals surface area contributed by atoms with E-state index < -0.39 is 41.4 Å². The van der Waals surface area contributed by atoms with Gasteiger partial charge >= 0.3 is 0 Å². The van der Waals surface area contributed by atoms with Crippen molar-refractivity contribution in [3.05, 3.63) is 69.7 Å². The Hall–Kier alpha value is -2.70. The summed E-state index contributed by atoms with van der Waals surface area (Å²) in [5.74, 6) is -2.75. The monoisotopic (exact) mass is 472 g/mol. The minimum absolute atomic E-state index is 0.223. The minimum Gasteiger partial charge on any atom is -0.292 e. The molecule has 1 aliphatic heterocycles. The molecule has 2 aromatic rings. The molecule has 0 radical (unpaired) electrons. The van der Waals surface area contributed by atoms with Crippen LogP contribution in [-0.4, -0.2) is 39.6 Å². The summed E-state index contributed by atoms with van der Waals surface area (Å²) in [4.78, 5) is 53.3. The van der Waals surface area contributed by atoms with Crippen molar-refractivity contribution in [1.29, 1.82) is 0 Å². The second-order valence-corrected chi connectivity index (χ2v) is 9.06. The lowest BCUT2D eigenvalue weighted by atomic mass is 9.81. The zero-order valence-corrected chi connectivity index (χ0v) is 19.0. The molecule has 1 saturated carbocycles. The van der Waals surface area contributed by atoms with Gasteiger partial charge in [-0.15, -0.1) is 0 Å². The van der Waals surface area contributed by atoms with Gasteiger partial charge in [0.1, 0.15) is 6.04 Å². The number of hydrazine groups is 1. The van der Waals surface area contributed by atoms with Crippen molar-refractivity contribution in [2.24, 2.45) is 11.8 Å². The molecule has 0 bridgehead atoms. The smallest absolute Gasteiger partial charge is 0.273 e. The van der Waals surface area contributed by atoms with Crippen LogP contribution in [0.5, 0.6) is 0 Å². The Bertz CT molecular complexity index is 1040. The van der Waals surface area contributed by atoms with E-state index >= 15 is 0 Å². The Morgan fingerprint density at radius 1 is 0.844 bits per heavy atom. The van der Waals surface area contributed by atoms with Gasteiger partial charge < -0.3 is 0 Å². The number of rotatable bonds is 5. The van der Waals surface area contributed by atoms with Gasteiger partial charge in [-0.3, -0.25) is 19.2 Å². The number of fused-ring (bicyclic) bond motifs is 1. The van der Waals surface area contributed by atoms with E-state index in [4.69, 9.17) is 23.2 Å². The molecule has 0 N–H and O–H groups in total. The SMILES string of the molecule is C[C@H](C(=O)c1ccc(Cl)cc1)N(C(=O)c1ccc(Cl)cc1)N1C(=O)[C@H]2CCCC[C@@H]2C1=O. The predicted molar refractivity (Wildman–Crippen MR) is 120 cm³/mol. The number of carbonyl (C=O) groups is 4. The summed E-state index contributed by atoms with van der Waals surface area (Å²) in [6, 6.07) is 11.3. The number of amides is 3. The molecule has 6 nitrogen and oxygen atoms in total. The second kappa shape index (κ2) is 9.04. The molecule has 1 saturated heterocycles. The fourth-order valence-electron chi connectivity index (χ4n) is 4.49. The highest BCUT2D eigenvalue weighted by atomic mass is 35.5. The fourth-order valence-corrected chi connectivity index (χ4v) is 4.74. The third-order valence-electron chi connectivity index (χ3n) is 6.21. The van der Waals surface area contributed by atoms with Gasteiger partial charge in [0, 0.05) is 21.2 Å². The molecular weight excluding hydrogens is 451 g/mol. The highest BCUT2D eigenvalue weighted by Crippen LogP contribution is 2.39. The van der Waals surface area contributed by atoms with E-state index in [1.165, 1.54) is 19.1 Å². The van der Waals surface area contributed by atoms with E-state index in [1.54, 1.807) is 36.4 Å². The van der Waals surface area contributed by atoms with Crippen molar-refractivity contribution < 1.29 is 19.2 Å².